The van der Waals surface area contributed by atoms with Crippen molar-refractivity contribution in [3.8, 4) is 0 Å². The molecular formula is C21H26N4O3. The molecule has 0 spiro atoms. The van der Waals surface area contributed by atoms with E-state index in [0.717, 1.165) is 30.6 Å². The number of aryl methyl sites for hydroxylation is 1. The van der Waals surface area contributed by atoms with Gasteiger partial charge in [-0.05, 0) is 42.9 Å². The smallest absolute Gasteiger partial charge is 0.227 e. The highest BCUT2D eigenvalue weighted by molar-refractivity contribution is 5.97. The number of hydrogen-bond acceptors (Lipinski definition) is 4. The fourth-order valence-electron chi connectivity index (χ4n) is 4.33. The molecular weight excluding hydrogens is 356 g/mol. The van der Waals surface area contributed by atoms with Crippen molar-refractivity contribution in [1.82, 2.24) is 15.1 Å². The van der Waals surface area contributed by atoms with Gasteiger partial charge in [-0.3, -0.25) is 14.3 Å². The summed E-state index contributed by atoms with van der Waals surface area (Å²) in [5, 5.41) is 17.5. The summed E-state index contributed by atoms with van der Waals surface area (Å²) >= 11 is 0. The van der Waals surface area contributed by atoms with E-state index in [1.807, 2.05) is 41.2 Å². The van der Waals surface area contributed by atoms with Crippen LogP contribution in [0.4, 0.5) is 5.69 Å². The van der Waals surface area contributed by atoms with Gasteiger partial charge in [0.15, 0.2) is 0 Å². The molecule has 1 unspecified atom stereocenters. The molecule has 4 rings (SSSR count). The molecule has 148 valence electrons. The monoisotopic (exact) mass is 382 g/mol. The van der Waals surface area contributed by atoms with Gasteiger partial charge in [0.25, 0.3) is 0 Å². The Morgan fingerprint density at radius 3 is 2.89 bits per heavy atom. The number of carbonyl (C=O) groups excluding carboxylic acids is 2. The van der Waals surface area contributed by atoms with Gasteiger partial charge in [-0.1, -0.05) is 18.2 Å². The lowest BCUT2D eigenvalue weighted by atomic mass is 10.0. The van der Waals surface area contributed by atoms with Gasteiger partial charge in [0.2, 0.25) is 11.8 Å². The maximum absolute atomic E-state index is 12.5. The van der Waals surface area contributed by atoms with E-state index in [4.69, 9.17) is 0 Å². The summed E-state index contributed by atoms with van der Waals surface area (Å²) < 4.78 is 1.86. The van der Waals surface area contributed by atoms with Gasteiger partial charge < -0.3 is 15.3 Å². The third-order valence-electron chi connectivity index (χ3n) is 5.73. The number of aromatic nitrogens is 2. The average Bonchev–Trinajstić information content (AvgIpc) is 3.31. The van der Waals surface area contributed by atoms with E-state index >= 15 is 0 Å². The number of anilines is 1. The Balaban J connectivity index is 1.29. The molecule has 2 aromatic rings. The summed E-state index contributed by atoms with van der Waals surface area (Å²) in [6, 6.07) is 9.50. The van der Waals surface area contributed by atoms with Crippen LogP contribution in [0, 0.1) is 5.92 Å². The summed E-state index contributed by atoms with van der Waals surface area (Å²) in [7, 11) is 0. The molecule has 1 aromatic carbocycles. The summed E-state index contributed by atoms with van der Waals surface area (Å²) in [5.41, 5.74) is 2.06. The number of benzene rings is 1. The molecule has 1 fully saturated rings. The predicted molar refractivity (Wildman–Crippen MR) is 105 cm³/mol. The molecule has 7 heteroatoms. The van der Waals surface area contributed by atoms with Crippen molar-refractivity contribution < 1.29 is 14.7 Å². The number of nitrogens with zero attached hydrogens (tertiary/aromatic N) is 3. The van der Waals surface area contributed by atoms with Gasteiger partial charge in [-0.25, -0.2) is 0 Å². The van der Waals surface area contributed by atoms with Crippen molar-refractivity contribution in [3.63, 3.8) is 0 Å². The van der Waals surface area contributed by atoms with Crippen LogP contribution in [-0.4, -0.2) is 45.4 Å². The zero-order chi connectivity index (χ0) is 19.5. The number of fused-ring (bicyclic) bond motifs is 1. The van der Waals surface area contributed by atoms with Gasteiger partial charge in [-0.15, -0.1) is 0 Å². The minimum atomic E-state index is -0.540. The molecule has 2 heterocycles. The first-order valence-corrected chi connectivity index (χ1v) is 9.93. The van der Waals surface area contributed by atoms with Crippen LogP contribution in [0.5, 0.6) is 0 Å². The molecule has 28 heavy (non-hydrogen) atoms. The van der Waals surface area contributed by atoms with Gasteiger partial charge in [0.1, 0.15) is 0 Å². The highest BCUT2D eigenvalue weighted by atomic mass is 16.3. The minimum absolute atomic E-state index is 0.0617. The summed E-state index contributed by atoms with van der Waals surface area (Å²) in [5.74, 6) is 0.224. The number of carbonyl (C=O) groups is 2. The largest absolute Gasteiger partial charge is 0.391 e. The van der Waals surface area contributed by atoms with Crippen LogP contribution in [0.1, 0.15) is 31.2 Å². The van der Waals surface area contributed by atoms with Crippen LogP contribution < -0.4 is 10.2 Å². The van der Waals surface area contributed by atoms with Crippen LogP contribution in [0.15, 0.2) is 42.7 Å². The number of rotatable bonds is 6. The fourth-order valence-corrected chi connectivity index (χ4v) is 4.33. The third-order valence-corrected chi connectivity index (χ3v) is 5.73. The zero-order valence-electron chi connectivity index (χ0n) is 15.8. The van der Waals surface area contributed by atoms with Crippen molar-refractivity contribution >= 4 is 17.5 Å². The van der Waals surface area contributed by atoms with Crippen LogP contribution in [0.25, 0.3) is 0 Å². The van der Waals surface area contributed by atoms with E-state index in [1.54, 1.807) is 11.1 Å². The van der Waals surface area contributed by atoms with Crippen LogP contribution in [0.3, 0.4) is 0 Å². The van der Waals surface area contributed by atoms with E-state index < -0.39 is 6.10 Å². The molecule has 1 saturated carbocycles. The SMILES string of the molecule is O=C(CCN1C(=O)CCc2ccccc21)N[C@@H]1CC(Cn2cccn2)C[C@H]1O. The molecule has 0 bridgehead atoms. The number of amides is 2. The maximum Gasteiger partial charge on any atom is 0.227 e. The van der Waals surface area contributed by atoms with Crippen molar-refractivity contribution in [2.24, 2.45) is 5.92 Å². The molecule has 3 atom stereocenters. The second-order valence-corrected chi connectivity index (χ2v) is 7.73. The van der Waals surface area contributed by atoms with Crippen molar-refractivity contribution in [3.05, 3.63) is 48.3 Å². The Bertz CT molecular complexity index is 836. The van der Waals surface area contributed by atoms with E-state index in [9.17, 15) is 14.7 Å². The summed E-state index contributed by atoms with van der Waals surface area (Å²) in [4.78, 5) is 26.5. The van der Waals surface area contributed by atoms with Crippen molar-refractivity contribution in [2.45, 2.75) is 50.8 Å². The second kappa shape index (κ2) is 8.14. The third kappa shape index (κ3) is 4.09. The minimum Gasteiger partial charge on any atom is -0.391 e. The standard InChI is InChI=1S/C21H26N4O3/c26-19-13-15(14-24-10-3-9-22-24)12-17(19)23-20(27)8-11-25-18-5-2-1-4-16(18)6-7-21(25)28/h1-5,9-10,15,17,19,26H,6-8,11-14H2,(H,23,27)/t15?,17-,19-/m1/s1. The Labute approximate surface area is 164 Å². The molecule has 2 N–H and O–H groups in total. The Hall–Kier alpha value is -2.67. The number of hydrogen-bond donors (Lipinski definition) is 2. The van der Waals surface area contributed by atoms with Crippen LogP contribution in [0.2, 0.25) is 0 Å². The topological polar surface area (TPSA) is 87.5 Å². The Morgan fingerprint density at radius 1 is 1.21 bits per heavy atom. The molecule has 2 aliphatic rings. The van der Waals surface area contributed by atoms with Crippen LogP contribution >= 0.6 is 0 Å². The Morgan fingerprint density at radius 2 is 2.07 bits per heavy atom. The van der Waals surface area contributed by atoms with E-state index in [-0.39, 0.29) is 30.2 Å². The highest BCUT2D eigenvalue weighted by Gasteiger charge is 2.34. The van der Waals surface area contributed by atoms with Gasteiger partial charge in [-0.2, -0.15) is 5.10 Å². The lowest BCUT2D eigenvalue weighted by molar-refractivity contribution is -0.122. The molecule has 1 aliphatic carbocycles. The lowest BCUT2D eigenvalue weighted by Crippen LogP contribution is -2.42. The highest BCUT2D eigenvalue weighted by Crippen LogP contribution is 2.29. The van der Waals surface area contributed by atoms with E-state index in [2.05, 4.69) is 10.4 Å². The van der Waals surface area contributed by atoms with Crippen LogP contribution in [-0.2, 0) is 22.6 Å². The molecule has 0 saturated heterocycles. The first-order valence-electron chi connectivity index (χ1n) is 9.93. The lowest BCUT2D eigenvalue weighted by Gasteiger charge is -2.29. The number of nitrogens with one attached hydrogen (secondary N) is 1. The number of aliphatic hydroxyl groups is 1. The fraction of sp³-hybridized carbons (Fsp3) is 0.476. The Kier molecular flexibility index (Phi) is 5.43. The normalized spacial score (nSPS) is 24.2. The molecule has 1 aliphatic heterocycles. The maximum atomic E-state index is 12.5. The first-order chi connectivity index (χ1) is 13.6. The second-order valence-electron chi connectivity index (χ2n) is 7.73. The predicted octanol–water partition coefficient (Wildman–Crippen LogP) is 1.51. The summed E-state index contributed by atoms with van der Waals surface area (Å²) in [6.45, 7) is 1.11. The quantitative estimate of drug-likeness (QED) is 0.793. The van der Waals surface area contributed by atoms with E-state index in [1.165, 1.54) is 0 Å². The van der Waals surface area contributed by atoms with Crippen molar-refractivity contribution in [1.29, 1.82) is 0 Å². The number of para-hydroxylation sites is 1. The zero-order valence-corrected chi connectivity index (χ0v) is 15.8. The molecule has 7 nitrogen and oxygen atoms in total. The van der Waals surface area contributed by atoms with E-state index in [0.29, 0.717) is 19.4 Å². The van der Waals surface area contributed by atoms with Gasteiger partial charge >= 0.3 is 0 Å². The van der Waals surface area contributed by atoms with Gasteiger partial charge in [0.05, 0.1) is 12.1 Å². The summed E-state index contributed by atoms with van der Waals surface area (Å²) in [6.07, 6.45) is 5.96. The molecule has 1 aromatic heterocycles. The first kappa shape index (κ1) is 18.7. The number of aliphatic hydroxyl groups excluding tert-OH is 1. The molecule has 0 radical (unpaired) electrons. The van der Waals surface area contributed by atoms with Crippen molar-refractivity contribution in [2.75, 3.05) is 11.4 Å². The molecule has 2 amide bonds. The average molecular weight is 382 g/mol. The van der Waals surface area contributed by atoms with Gasteiger partial charge in [0, 0.05) is 44.0 Å².